The first-order chi connectivity index (χ1) is 16.9. The number of carbonyl (C=O) groups excluding carboxylic acids is 2. The average molecular weight is 494 g/mol. The van der Waals surface area contributed by atoms with Crippen molar-refractivity contribution in [1.82, 2.24) is 19.7 Å². The fourth-order valence-electron chi connectivity index (χ4n) is 4.04. The van der Waals surface area contributed by atoms with Crippen molar-refractivity contribution >= 4 is 35.4 Å². The highest BCUT2D eigenvalue weighted by Crippen LogP contribution is 2.20. The molecule has 182 valence electrons. The van der Waals surface area contributed by atoms with Crippen LogP contribution in [-0.2, 0) is 20.9 Å². The number of halogens is 1. The van der Waals surface area contributed by atoms with Crippen molar-refractivity contribution in [3.63, 3.8) is 0 Å². The molecule has 0 bridgehead atoms. The second-order valence-electron chi connectivity index (χ2n) is 8.33. The molecule has 1 aliphatic rings. The SMILES string of the molecule is Cc1nn(Cc2ccccc2Cl)c(C)c1/C=C/C(=O)OCC(=O)N1CCN(c2ccccn2)CC1. The topological polar surface area (TPSA) is 80.6 Å². The van der Waals surface area contributed by atoms with E-state index in [1.54, 1.807) is 17.2 Å². The van der Waals surface area contributed by atoms with E-state index in [4.69, 9.17) is 16.3 Å². The van der Waals surface area contributed by atoms with Crippen LogP contribution in [0.3, 0.4) is 0 Å². The molecule has 35 heavy (non-hydrogen) atoms. The number of esters is 1. The van der Waals surface area contributed by atoms with Crippen LogP contribution in [0.2, 0.25) is 5.02 Å². The van der Waals surface area contributed by atoms with E-state index in [2.05, 4.69) is 15.0 Å². The number of hydrogen-bond donors (Lipinski definition) is 0. The van der Waals surface area contributed by atoms with Gasteiger partial charge in [-0.25, -0.2) is 9.78 Å². The predicted octanol–water partition coefficient (Wildman–Crippen LogP) is 3.50. The third-order valence-electron chi connectivity index (χ3n) is 6.05. The molecule has 0 radical (unpaired) electrons. The van der Waals surface area contributed by atoms with Crippen LogP contribution in [0.25, 0.3) is 6.08 Å². The number of anilines is 1. The maximum Gasteiger partial charge on any atom is 0.331 e. The number of hydrogen-bond acceptors (Lipinski definition) is 6. The number of pyridine rings is 1. The maximum atomic E-state index is 12.5. The summed E-state index contributed by atoms with van der Waals surface area (Å²) < 4.78 is 7.06. The lowest BCUT2D eigenvalue weighted by Gasteiger charge is -2.35. The van der Waals surface area contributed by atoms with Gasteiger partial charge in [0.05, 0.1) is 12.2 Å². The van der Waals surface area contributed by atoms with Gasteiger partial charge < -0.3 is 14.5 Å². The van der Waals surface area contributed by atoms with Gasteiger partial charge in [-0.05, 0) is 43.7 Å². The fourth-order valence-corrected chi connectivity index (χ4v) is 4.24. The molecule has 0 unspecified atom stereocenters. The summed E-state index contributed by atoms with van der Waals surface area (Å²) in [6.45, 7) is 6.58. The molecule has 8 nitrogen and oxygen atoms in total. The van der Waals surface area contributed by atoms with Crippen molar-refractivity contribution in [2.75, 3.05) is 37.7 Å². The molecule has 1 fully saturated rings. The van der Waals surface area contributed by atoms with E-state index in [1.165, 1.54) is 6.08 Å². The summed E-state index contributed by atoms with van der Waals surface area (Å²) in [4.78, 5) is 33.0. The molecular formula is C26H28ClN5O3. The van der Waals surface area contributed by atoms with Gasteiger partial charge in [-0.15, -0.1) is 0 Å². The third kappa shape index (κ3) is 6.08. The van der Waals surface area contributed by atoms with Crippen LogP contribution in [0.1, 0.15) is 22.5 Å². The lowest BCUT2D eigenvalue weighted by atomic mass is 10.1. The largest absolute Gasteiger partial charge is 0.452 e. The molecule has 3 heterocycles. The van der Waals surface area contributed by atoms with E-state index in [-0.39, 0.29) is 12.5 Å². The Bertz CT molecular complexity index is 1220. The minimum absolute atomic E-state index is 0.202. The Balaban J connectivity index is 1.28. The maximum absolute atomic E-state index is 12.5. The van der Waals surface area contributed by atoms with Crippen LogP contribution in [0, 0.1) is 13.8 Å². The first-order valence-corrected chi connectivity index (χ1v) is 11.9. The van der Waals surface area contributed by atoms with E-state index >= 15 is 0 Å². The Kier molecular flexibility index (Phi) is 7.82. The van der Waals surface area contributed by atoms with Crippen LogP contribution in [-0.4, -0.2) is 64.3 Å². The van der Waals surface area contributed by atoms with Crippen molar-refractivity contribution in [2.45, 2.75) is 20.4 Å². The van der Waals surface area contributed by atoms with Gasteiger partial charge >= 0.3 is 5.97 Å². The van der Waals surface area contributed by atoms with Crippen LogP contribution >= 0.6 is 11.6 Å². The molecule has 1 aliphatic heterocycles. The van der Waals surface area contributed by atoms with Crippen LogP contribution in [0.15, 0.2) is 54.7 Å². The van der Waals surface area contributed by atoms with E-state index in [0.717, 1.165) is 28.3 Å². The number of rotatable bonds is 7. The normalized spacial score (nSPS) is 13.9. The van der Waals surface area contributed by atoms with E-state index < -0.39 is 5.97 Å². The van der Waals surface area contributed by atoms with Gasteiger partial charge in [0, 0.05) is 54.7 Å². The molecule has 0 aliphatic carbocycles. The number of aryl methyl sites for hydroxylation is 1. The van der Waals surface area contributed by atoms with Crippen molar-refractivity contribution in [1.29, 1.82) is 0 Å². The van der Waals surface area contributed by atoms with Gasteiger partial charge in [0.25, 0.3) is 5.91 Å². The summed E-state index contributed by atoms with van der Waals surface area (Å²) in [5.41, 5.74) is 3.51. The molecule has 0 spiro atoms. The van der Waals surface area contributed by atoms with Gasteiger partial charge in [0.2, 0.25) is 0 Å². The lowest BCUT2D eigenvalue weighted by molar-refractivity contribution is -0.148. The van der Waals surface area contributed by atoms with Crippen LogP contribution in [0.4, 0.5) is 5.82 Å². The molecule has 2 aromatic heterocycles. The minimum Gasteiger partial charge on any atom is -0.452 e. The standard InChI is InChI=1S/C26H28ClN5O3/c1-19-22(20(2)32(29-19)17-21-7-3-4-8-23(21)27)10-11-26(34)35-18-25(33)31-15-13-30(14-16-31)24-9-5-6-12-28-24/h3-12H,13-18H2,1-2H3/b11-10+. The highest BCUT2D eigenvalue weighted by atomic mass is 35.5. The molecule has 9 heteroatoms. The second kappa shape index (κ2) is 11.2. The molecule has 0 N–H and O–H groups in total. The molecule has 1 amide bonds. The van der Waals surface area contributed by atoms with Crippen molar-refractivity contribution in [3.8, 4) is 0 Å². The minimum atomic E-state index is -0.567. The molecule has 4 rings (SSSR count). The summed E-state index contributed by atoms with van der Waals surface area (Å²) in [5, 5.41) is 5.26. The second-order valence-corrected chi connectivity index (χ2v) is 8.74. The fraction of sp³-hybridized carbons (Fsp3) is 0.308. The van der Waals surface area contributed by atoms with Gasteiger partial charge in [-0.2, -0.15) is 5.10 Å². The van der Waals surface area contributed by atoms with Gasteiger partial charge in [-0.1, -0.05) is 35.9 Å². The van der Waals surface area contributed by atoms with Gasteiger partial charge in [-0.3, -0.25) is 9.48 Å². The average Bonchev–Trinajstić information content (AvgIpc) is 3.15. The van der Waals surface area contributed by atoms with Crippen molar-refractivity contribution in [3.05, 3.63) is 82.3 Å². The van der Waals surface area contributed by atoms with Gasteiger partial charge in [0.1, 0.15) is 5.82 Å². The Morgan fingerprint density at radius 3 is 2.51 bits per heavy atom. The lowest BCUT2D eigenvalue weighted by Crippen LogP contribution is -2.50. The number of piperazine rings is 1. The zero-order valence-electron chi connectivity index (χ0n) is 19.9. The number of ether oxygens (including phenoxy) is 1. The molecule has 1 aromatic carbocycles. The summed E-state index contributed by atoms with van der Waals surface area (Å²) in [6.07, 6.45) is 4.77. The number of carbonyl (C=O) groups is 2. The number of aromatic nitrogens is 3. The summed E-state index contributed by atoms with van der Waals surface area (Å²) in [5.74, 6) is 0.132. The van der Waals surface area contributed by atoms with E-state index in [0.29, 0.717) is 37.7 Å². The summed E-state index contributed by atoms with van der Waals surface area (Å²) in [7, 11) is 0. The van der Waals surface area contributed by atoms with E-state index in [1.807, 2.05) is 61.0 Å². The number of benzene rings is 1. The Hall–Kier alpha value is -3.65. The first kappa shape index (κ1) is 24.5. The Morgan fingerprint density at radius 2 is 1.80 bits per heavy atom. The molecule has 3 aromatic rings. The molecular weight excluding hydrogens is 466 g/mol. The molecule has 0 atom stereocenters. The Morgan fingerprint density at radius 1 is 1.06 bits per heavy atom. The smallest absolute Gasteiger partial charge is 0.331 e. The predicted molar refractivity (Wildman–Crippen MR) is 135 cm³/mol. The van der Waals surface area contributed by atoms with Gasteiger partial charge in [0.15, 0.2) is 6.61 Å². The highest BCUT2D eigenvalue weighted by molar-refractivity contribution is 6.31. The molecule has 0 saturated carbocycles. The van der Waals surface area contributed by atoms with E-state index in [9.17, 15) is 9.59 Å². The van der Waals surface area contributed by atoms with Crippen LogP contribution in [0.5, 0.6) is 0 Å². The first-order valence-electron chi connectivity index (χ1n) is 11.5. The Labute approximate surface area is 209 Å². The van der Waals surface area contributed by atoms with Crippen molar-refractivity contribution < 1.29 is 14.3 Å². The van der Waals surface area contributed by atoms with Crippen LogP contribution < -0.4 is 4.90 Å². The zero-order chi connectivity index (χ0) is 24.8. The highest BCUT2D eigenvalue weighted by Gasteiger charge is 2.22. The van der Waals surface area contributed by atoms with Crippen molar-refractivity contribution in [2.24, 2.45) is 0 Å². The number of amides is 1. The molecule has 1 saturated heterocycles. The quantitative estimate of drug-likeness (QED) is 0.370. The monoisotopic (exact) mass is 493 g/mol. The zero-order valence-corrected chi connectivity index (χ0v) is 20.6. The summed E-state index contributed by atoms with van der Waals surface area (Å²) in [6, 6.07) is 13.4. The third-order valence-corrected chi connectivity index (χ3v) is 6.41. The number of nitrogens with zero attached hydrogens (tertiary/aromatic N) is 5. The summed E-state index contributed by atoms with van der Waals surface area (Å²) >= 11 is 6.28.